The van der Waals surface area contributed by atoms with E-state index in [9.17, 15) is 4.79 Å². The molecular formula is C15H24N2O5. The maximum atomic E-state index is 11.1. The number of carbonyl (C=O) groups is 3. The molecule has 0 spiro atoms. The minimum atomic E-state index is -2.07. The first-order chi connectivity index (χ1) is 10.5. The summed E-state index contributed by atoms with van der Waals surface area (Å²) >= 11 is 0. The van der Waals surface area contributed by atoms with E-state index in [1.54, 1.807) is 4.90 Å². The zero-order valence-corrected chi connectivity index (χ0v) is 12.9. The molecule has 22 heavy (non-hydrogen) atoms. The first kappa shape index (κ1) is 19.9. The molecule has 0 aromatic heterocycles. The van der Waals surface area contributed by atoms with Crippen LogP contribution >= 0.6 is 0 Å². The summed E-state index contributed by atoms with van der Waals surface area (Å²) in [5.41, 5.74) is 0. The molecule has 3 N–H and O–H groups in total. The van der Waals surface area contributed by atoms with Crippen LogP contribution in [0.3, 0.4) is 0 Å². The lowest BCUT2D eigenvalue weighted by Crippen LogP contribution is -3.12. The number of hydrogen-bond donors (Lipinski definition) is 3. The summed E-state index contributed by atoms with van der Waals surface area (Å²) in [6.45, 7) is 5.97. The van der Waals surface area contributed by atoms with Crippen molar-refractivity contribution in [2.45, 2.75) is 39.0 Å². The molecule has 1 saturated heterocycles. The van der Waals surface area contributed by atoms with E-state index in [0.29, 0.717) is 13.0 Å². The van der Waals surface area contributed by atoms with Gasteiger partial charge in [0.05, 0.1) is 19.6 Å². The molecule has 0 aromatic rings. The van der Waals surface area contributed by atoms with Crippen LogP contribution in [0.4, 0.5) is 0 Å². The molecule has 1 aliphatic rings. The van der Waals surface area contributed by atoms with Gasteiger partial charge in [-0.1, -0.05) is 12.8 Å². The predicted molar refractivity (Wildman–Crippen MR) is 77.8 cm³/mol. The fourth-order valence-corrected chi connectivity index (χ4v) is 1.94. The number of carbonyl (C=O) groups excluding carboxylic acids is 2. The molecule has 0 radical (unpaired) electrons. The van der Waals surface area contributed by atoms with Crippen molar-refractivity contribution in [3.05, 3.63) is 0 Å². The van der Waals surface area contributed by atoms with Gasteiger partial charge in [-0.3, -0.25) is 4.79 Å². The van der Waals surface area contributed by atoms with Gasteiger partial charge in [0.1, 0.15) is 6.54 Å². The van der Waals surface area contributed by atoms with Crippen LogP contribution in [0.5, 0.6) is 0 Å². The monoisotopic (exact) mass is 312 g/mol. The lowest BCUT2D eigenvalue weighted by atomic mass is 10.1. The molecule has 1 aliphatic heterocycles. The van der Waals surface area contributed by atoms with Crippen LogP contribution in [-0.2, 0) is 14.4 Å². The summed E-state index contributed by atoms with van der Waals surface area (Å²) < 4.78 is 0. The van der Waals surface area contributed by atoms with Crippen molar-refractivity contribution < 1.29 is 29.5 Å². The highest BCUT2D eigenvalue weighted by Crippen LogP contribution is 1.93. The Labute approximate surface area is 130 Å². The number of quaternary nitrogens is 1. The number of rotatable bonds is 4. The lowest BCUT2D eigenvalue weighted by Gasteiger charge is -2.20. The van der Waals surface area contributed by atoms with Gasteiger partial charge in [-0.05, 0) is 31.6 Å². The smallest absolute Gasteiger partial charge is 0.351 e. The fraction of sp³-hybridized carbons (Fsp3) is 0.667. The first-order valence-electron chi connectivity index (χ1n) is 7.47. The third-order valence-corrected chi connectivity index (χ3v) is 3.05. The van der Waals surface area contributed by atoms with Crippen molar-refractivity contribution in [2.24, 2.45) is 0 Å². The maximum absolute atomic E-state index is 11.1. The maximum Gasteiger partial charge on any atom is 0.351 e. The van der Waals surface area contributed by atoms with E-state index >= 15 is 0 Å². The molecule has 0 atom stereocenters. The molecule has 7 heteroatoms. The molecule has 1 heterocycles. The average molecular weight is 312 g/mol. The normalized spacial score (nSPS) is 13.9. The van der Waals surface area contributed by atoms with Gasteiger partial charge in [0.2, 0.25) is 5.91 Å². The fourth-order valence-electron chi connectivity index (χ4n) is 1.94. The second kappa shape index (κ2) is 12.7. The van der Waals surface area contributed by atoms with Crippen LogP contribution < -0.4 is 15.3 Å². The van der Waals surface area contributed by atoms with Gasteiger partial charge in [-0.15, -0.1) is 0 Å². The molecule has 124 valence electrons. The average Bonchev–Trinajstić information content (AvgIpc) is 2.49. The molecule has 1 rings (SSSR count). The Morgan fingerprint density at radius 2 is 1.77 bits per heavy atom. The molecule has 0 aromatic carbocycles. The molecule has 0 bridgehead atoms. The van der Waals surface area contributed by atoms with Crippen molar-refractivity contribution in [1.29, 1.82) is 0 Å². The van der Waals surface area contributed by atoms with Crippen molar-refractivity contribution in [2.75, 3.05) is 26.2 Å². The highest BCUT2D eigenvalue weighted by atomic mass is 16.4. The molecule has 0 aliphatic carbocycles. The Morgan fingerprint density at radius 1 is 1.18 bits per heavy atom. The van der Waals surface area contributed by atoms with Crippen LogP contribution in [0.15, 0.2) is 0 Å². The zero-order chi connectivity index (χ0) is 16.8. The molecular weight excluding hydrogens is 288 g/mol. The van der Waals surface area contributed by atoms with Crippen molar-refractivity contribution >= 4 is 17.8 Å². The van der Waals surface area contributed by atoms with Crippen LogP contribution in [0.1, 0.15) is 39.0 Å². The molecule has 1 amide bonds. The molecule has 0 saturated carbocycles. The van der Waals surface area contributed by atoms with Crippen LogP contribution in [-0.4, -0.2) is 49.1 Å². The predicted octanol–water partition coefficient (Wildman–Crippen LogP) is -2.20. The van der Waals surface area contributed by atoms with Crippen LogP contribution in [0, 0.1) is 11.8 Å². The van der Waals surface area contributed by atoms with Crippen molar-refractivity contribution in [3.8, 4) is 11.8 Å². The van der Waals surface area contributed by atoms with E-state index in [1.807, 2.05) is 6.92 Å². The minimum Gasteiger partial charge on any atom is -0.539 e. The second-order valence-corrected chi connectivity index (χ2v) is 4.96. The summed E-state index contributed by atoms with van der Waals surface area (Å²) in [5, 5.41) is 19.1. The van der Waals surface area contributed by atoms with E-state index in [4.69, 9.17) is 19.8 Å². The quantitative estimate of drug-likeness (QED) is 0.403. The number of piperidine rings is 1. The Hall–Kier alpha value is -2.07. The van der Waals surface area contributed by atoms with Gasteiger partial charge in [-0.2, -0.15) is 0 Å². The van der Waals surface area contributed by atoms with Gasteiger partial charge < -0.3 is 25.2 Å². The van der Waals surface area contributed by atoms with Crippen molar-refractivity contribution in [3.63, 3.8) is 0 Å². The third-order valence-electron chi connectivity index (χ3n) is 3.05. The standard InChI is InChI=1S/C13H22N2O.C2H2O4/c1-2-8-13(16)14-9-4-7-12-15-10-5-3-6-11-15;3-1(4)2(5)6/h2-3,5-6,8-12H2,1H3,(H,14,16);(H,3,4)(H,5,6). The number of aliphatic carboxylic acids is 2. The van der Waals surface area contributed by atoms with E-state index in [2.05, 4.69) is 17.2 Å². The van der Waals surface area contributed by atoms with E-state index < -0.39 is 11.9 Å². The van der Waals surface area contributed by atoms with Gasteiger partial charge in [-0.25, -0.2) is 4.79 Å². The van der Waals surface area contributed by atoms with Gasteiger partial charge >= 0.3 is 5.97 Å². The van der Waals surface area contributed by atoms with E-state index in [0.717, 1.165) is 13.0 Å². The summed E-state index contributed by atoms with van der Waals surface area (Å²) in [5.74, 6) is 2.27. The zero-order valence-electron chi connectivity index (χ0n) is 12.9. The van der Waals surface area contributed by atoms with Crippen LogP contribution in [0.2, 0.25) is 0 Å². The SMILES string of the molecule is CCCC(=O)NCC#CC[NH+]1CCCCC1.O=C([O-])C(=O)O. The Kier molecular flexibility index (Phi) is 11.5. The largest absolute Gasteiger partial charge is 0.539 e. The Morgan fingerprint density at radius 3 is 2.27 bits per heavy atom. The van der Waals surface area contributed by atoms with E-state index in [1.165, 1.54) is 32.4 Å². The summed E-state index contributed by atoms with van der Waals surface area (Å²) in [7, 11) is 0. The van der Waals surface area contributed by atoms with E-state index in [-0.39, 0.29) is 5.91 Å². The topological polar surface area (TPSA) is 111 Å². The highest BCUT2D eigenvalue weighted by molar-refractivity contribution is 6.26. The number of carboxylic acids is 2. The van der Waals surface area contributed by atoms with Gasteiger partial charge in [0, 0.05) is 6.42 Å². The third kappa shape index (κ3) is 11.7. The number of nitrogens with one attached hydrogen (secondary N) is 2. The number of hydrogen-bond acceptors (Lipinski definition) is 4. The number of amides is 1. The molecule has 0 unspecified atom stereocenters. The first-order valence-corrected chi connectivity index (χ1v) is 7.47. The molecule has 1 fully saturated rings. The summed E-state index contributed by atoms with van der Waals surface area (Å²) in [6, 6.07) is 0. The van der Waals surface area contributed by atoms with Crippen LogP contribution in [0.25, 0.3) is 0 Å². The van der Waals surface area contributed by atoms with Gasteiger partial charge in [0.15, 0.2) is 5.97 Å². The second-order valence-electron chi connectivity index (χ2n) is 4.96. The Bertz CT molecular complexity index is 407. The number of likely N-dealkylation sites (tertiary alicyclic amines) is 1. The minimum absolute atomic E-state index is 0.113. The highest BCUT2D eigenvalue weighted by Gasteiger charge is 2.10. The summed E-state index contributed by atoms with van der Waals surface area (Å²) in [6.07, 6.45) is 5.56. The molecule has 7 nitrogen and oxygen atoms in total. The van der Waals surface area contributed by atoms with Crippen molar-refractivity contribution in [1.82, 2.24) is 5.32 Å². The number of carboxylic acid groups (broad SMARTS) is 2. The van der Waals surface area contributed by atoms with Gasteiger partial charge in [0.25, 0.3) is 0 Å². The lowest BCUT2D eigenvalue weighted by molar-refractivity contribution is -0.897. The Balaban J connectivity index is 0.000000626. The summed E-state index contributed by atoms with van der Waals surface area (Å²) in [4.78, 5) is 30.7.